The number of hydrogen-bond donors (Lipinski definition) is 3. The molecule has 10 heteroatoms. The van der Waals surface area contributed by atoms with E-state index in [1.165, 1.54) is 40.6 Å². The largest absolute Gasteiger partial charge is 0.504 e. The van der Waals surface area contributed by atoms with Gasteiger partial charge in [0, 0.05) is 17.7 Å². The summed E-state index contributed by atoms with van der Waals surface area (Å²) in [5.41, 5.74) is 1.03. The molecule has 0 saturated heterocycles. The molecular weight excluding hydrogens is 456 g/mol. The van der Waals surface area contributed by atoms with Gasteiger partial charge in [0.25, 0.3) is 0 Å². The van der Waals surface area contributed by atoms with Gasteiger partial charge in [-0.3, -0.25) is 4.79 Å². The van der Waals surface area contributed by atoms with Crippen LogP contribution in [0.2, 0.25) is 0 Å². The fraction of sp³-hybridized carbons (Fsp3) is 0.200. The number of H-pyrrole nitrogens is 1. The summed E-state index contributed by atoms with van der Waals surface area (Å²) in [7, 11) is 5.96. The van der Waals surface area contributed by atoms with Gasteiger partial charge in [-0.15, -0.1) is 0 Å². The number of ether oxygens (including phenoxy) is 4. The number of hydrogen-bond acceptors (Lipinski definition) is 9. The van der Waals surface area contributed by atoms with Crippen molar-refractivity contribution in [1.29, 1.82) is 0 Å². The number of benzene rings is 2. The first kappa shape index (κ1) is 23.6. The highest BCUT2D eigenvalue weighted by molar-refractivity contribution is 5.83. The van der Waals surface area contributed by atoms with Crippen LogP contribution in [0.3, 0.4) is 0 Å². The minimum absolute atomic E-state index is 0.0555. The van der Waals surface area contributed by atoms with E-state index in [1.807, 2.05) is 0 Å². The standard InChI is InChI=1S/C25H24N2O8/c1-12-8-16(29)23(30)24(35-12)22-21(13-6-7-15(28)18(9-13)32-3)26-25(27-22)14-10-19(33-4)20(34-5)11-17(14)31-2/h6-11,28,30H,1-5H3,(H,26,27). The zero-order valence-electron chi connectivity index (χ0n) is 19.8. The molecule has 35 heavy (non-hydrogen) atoms. The van der Waals surface area contributed by atoms with Gasteiger partial charge in [-0.2, -0.15) is 0 Å². The lowest BCUT2D eigenvalue weighted by atomic mass is 10.1. The smallest absolute Gasteiger partial charge is 0.227 e. The monoisotopic (exact) mass is 480 g/mol. The van der Waals surface area contributed by atoms with Crippen molar-refractivity contribution in [3.63, 3.8) is 0 Å². The molecule has 10 nitrogen and oxygen atoms in total. The third-order valence-electron chi connectivity index (χ3n) is 5.39. The first-order chi connectivity index (χ1) is 16.8. The fourth-order valence-electron chi connectivity index (χ4n) is 3.69. The number of rotatable bonds is 7. The van der Waals surface area contributed by atoms with Crippen molar-refractivity contribution >= 4 is 0 Å². The van der Waals surface area contributed by atoms with Crippen LogP contribution in [0.1, 0.15) is 5.76 Å². The van der Waals surface area contributed by atoms with Crippen LogP contribution in [0, 0.1) is 6.92 Å². The van der Waals surface area contributed by atoms with E-state index in [4.69, 9.17) is 28.3 Å². The number of aromatic nitrogens is 2. The van der Waals surface area contributed by atoms with E-state index < -0.39 is 11.2 Å². The van der Waals surface area contributed by atoms with Crippen LogP contribution in [0.5, 0.6) is 34.5 Å². The van der Waals surface area contributed by atoms with Crippen LogP contribution >= 0.6 is 0 Å². The van der Waals surface area contributed by atoms with E-state index in [1.54, 1.807) is 31.2 Å². The van der Waals surface area contributed by atoms with Crippen molar-refractivity contribution in [1.82, 2.24) is 9.97 Å². The van der Waals surface area contributed by atoms with E-state index in [9.17, 15) is 15.0 Å². The van der Waals surface area contributed by atoms with Gasteiger partial charge in [0.2, 0.25) is 11.2 Å². The Morgan fingerprint density at radius 2 is 1.51 bits per heavy atom. The second-order valence-corrected chi connectivity index (χ2v) is 7.50. The SMILES string of the molecule is COc1cc(-c2nc(-c3cc(OC)c(OC)cc3OC)[nH]c2-c2oc(C)cc(=O)c2O)ccc1O. The van der Waals surface area contributed by atoms with Crippen molar-refractivity contribution in [3.8, 4) is 68.6 Å². The number of phenolic OH excluding ortho intramolecular Hbond substituents is 1. The van der Waals surface area contributed by atoms with Crippen LogP contribution in [-0.2, 0) is 0 Å². The van der Waals surface area contributed by atoms with Crippen molar-refractivity contribution in [2.24, 2.45) is 0 Å². The van der Waals surface area contributed by atoms with Crippen molar-refractivity contribution < 1.29 is 33.6 Å². The van der Waals surface area contributed by atoms with Gasteiger partial charge in [0.1, 0.15) is 28.7 Å². The number of aryl methyl sites for hydroxylation is 1. The molecule has 0 bridgehead atoms. The Hall–Kier alpha value is -4.60. The summed E-state index contributed by atoms with van der Waals surface area (Å²) in [5, 5.41) is 20.6. The molecule has 0 unspecified atom stereocenters. The van der Waals surface area contributed by atoms with Crippen LogP contribution < -0.4 is 24.4 Å². The number of nitrogens with one attached hydrogen (secondary N) is 1. The van der Waals surface area contributed by atoms with Crippen molar-refractivity contribution in [2.45, 2.75) is 6.92 Å². The molecule has 2 aromatic carbocycles. The average molecular weight is 480 g/mol. The summed E-state index contributed by atoms with van der Waals surface area (Å²) in [4.78, 5) is 20.2. The Balaban J connectivity index is 2.03. The van der Waals surface area contributed by atoms with Gasteiger partial charge in [-0.1, -0.05) is 0 Å². The molecule has 182 valence electrons. The summed E-state index contributed by atoms with van der Waals surface area (Å²) in [6, 6.07) is 9.19. The van der Waals surface area contributed by atoms with Gasteiger partial charge in [0.15, 0.2) is 28.8 Å². The predicted molar refractivity (Wildman–Crippen MR) is 128 cm³/mol. The molecule has 4 rings (SSSR count). The summed E-state index contributed by atoms with van der Waals surface area (Å²) in [6.45, 7) is 1.60. The van der Waals surface area contributed by atoms with E-state index in [0.717, 1.165) is 0 Å². The Kier molecular flexibility index (Phi) is 6.28. The summed E-state index contributed by atoms with van der Waals surface area (Å²) in [5.74, 6) is 1.49. The third kappa shape index (κ3) is 4.21. The highest BCUT2D eigenvalue weighted by Crippen LogP contribution is 2.43. The minimum atomic E-state index is -0.599. The number of aromatic hydroxyl groups is 2. The number of aromatic amines is 1. The zero-order chi connectivity index (χ0) is 25.3. The highest BCUT2D eigenvalue weighted by atomic mass is 16.5. The number of methoxy groups -OCH3 is 4. The molecule has 0 amide bonds. The predicted octanol–water partition coefficient (Wildman–Crippen LogP) is 4.12. The topological polar surface area (TPSA) is 136 Å². The molecule has 0 fully saturated rings. The van der Waals surface area contributed by atoms with Gasteiger partial charge in [-0.05, 0) is 31.2 Å². The van der Waals surface area contributed by atoms with Gasteiger partial charge in [-0.25, -0.2) is 4.98 Å². The van der Waals surface area contributed by atoms with Crippen LogP contribution in [0.15, 0.2) is 45.6 Å². The Labute approximate surface area is 200 Å². The normalized spacial score (nSPS) is 10.8. The van der Waals surface area contributed by atoms with Gasteiger partial charge >= 0.3 is 0 Å². The average Bonchev–Trinajstić information content (AvgIpc) is 3.30. The lowest BCUT2D eigenvalue weighted by molar-refractivity contribution is 0.349. The lowest BCUT2D eigenvalue weighted by Crippen LogP contribution is -2.01. The third-order valence-corrected chi connectivity index (χ3v) is 5.39. The Morgan fingerprint density at radius 1 is 0.857 bits per heavy atom. The number of imidazole rings is 1. The molecule has 0 saturated carbocycles. The zero-order valence-corrected chi connectivity index (χ0v) is 19.8. The molecule has 2 heterocycles. The van der Waals surface area contributed by atoms with E-state index in [2.05, 4.69) is 4.98 Å². The molecule has 0 aliphatic rings. The van der Waals surface area contributed by atoms with Crippen LogP contribution in [0.4, 0.5) is 0 Å². The summed E-state index contributed by atoms with van der Waals surface area (Å²) < 4.78 is 27.3. The summed E-state index contributed by atoms with van der Waals surface area (Å²) in [6.07, 6.45) is 0. The second-order valence-electron chi connectivity index (χ2n) is 7.50. The molecule has 2 aromatic heterocycles. The maximum absolute atomic E-state index is 12.3. The number of nitrogens with zero attached hydrogens (tertiary/aromatic N) is 1. The Bertz CT molecular complexity index is 1450. The molecule has 0 spiro atoms. The molecule has 0 aliphatic heterocycles. The lowest BCUT2D eigenvalue weighted by Gasteiger charge is -2.12. The van der Waals surface area contributed by atoms with Gasteiger partial charge in [0.05, 0.1) is 34.0 Å². The molecule has 0 atom stereocenters. The summed E-state index contributed by atoms with van der Waals surface area (Å²) >= 11 is 0. The van der Waals surface area contributed by atoms with Gasteiger partial charge < -0.3 is 38.6 Å². The maximum Gasteiger partial charge on any atom is 0.227 e. The maximum atomic E-state index is 12.3. The fourth-order valence-corrected chi connectivity index (χ4v) is 3.69. The van der Waals surface area contributed by atoms with Crippen molar-refractivity contribution in [3.05, 3.63) is 52.4 Å². The van der Waals surface area contributed by atoms with Crippen LogP contribution in [0.25, 0.3) is 34.1 Å². The highest BCUT2D eigenvalue weighted by Gasteiger charge is 2.25. The minimum Gasteiger partial charge on any atom is -0.504 e. The molecule has 0 radical (unpaired) electrons. The molecule has 0 aliphatic carbocycles. The van der Waals surface area contributed by atoms with E-state index >= 15 is 0 Å². The first-order valence-electron chi connectivity index (χ1n) is 10.4. The molecular formula is C25H24N2O8. The van der Waals surface area contributed by atoms with Crippen LogP contribution in [-0.4, -0.2) is 48.6 Å². The molecule has 4 aromatic rings. The van der Waals surface area contributed by atoms with E-state index in [-0.39, 0.29) is 23.0 Å². The molecule has 3 N–H and O–H groups in total. The van der Waals surface area contributed by atoms with E-state index in [0.29, 0.717) is 45.7 Å². The Morgan fingerprint density at radius 3 is 2.17 bits per heavy atom. The second kappa shape index (κ2) is 9.34. The quantitative estimate of drug-likeness (QED) is 0.357. The number of phenols is 1. The first-order valence-corrected chi connectivity index (χ1v) is 10.4. The van der Waals surface area contributed by atoms with Crippen molar-refractivity contribution in [2.75, 3.05) is 28.4 Å².